The first-order chi connectivity index (χ1) is 11.7. The van der Waals surface area contributed by atoms with Gasteiger partial charge < -0.3 is 0 Å². The summed E-state index contributed by atoms with van der Waals surface area (Å²) in [6, 6.07) is 12.3. The van der Waals surface area contributed by atoms with E-state index in [1.807, 2.05) is 31.2 Å². The van der Waals surface area contributed by atoms with E-state index in [0.29, 0.717) is 5.52 Å². The van der Waals surface area contributed by atoms with Gasteiger partial charge in [0.2, 0.25) is 10.0 Å². The summed E-state index contributed by atoms with van der Waals surface area (Å²) in [6.45, 7) is 8.23. The lowest BCUT2D eigenvalue weighted by molar-refractivity contribution is 0.315. The van der Waals surface area contributed by atoms with Crippen LogP contribution in [0.1, 0.15) is 44.9 Å². The molecule has 6 nitrogen and oxygen atoms in total. The third-order valence-corrected chi connectivity index (χ3v) is 5.72. The number of rotatable bonds is 4. The van der Waals surface area contributed by atoms with Crippen molar-refractivity contribution in [1.82, 2.24) is 15.0 Å². The van der Waals surface area contributed by atoms with Crippen molar-refractivity contribution >= 4 is 21.1 Å². The highest BCUT2D eigenvalue weighted by atomic mass is 32.2. The third kappa shape index (κ3) is 3.57. The Balaban J connectivity index is 1.87. The minimum atomic E-state index is -3.76. The van der Waals surface area contributed by atoms with Crippen LogP contribution in [-0.2, 0) is 15.4 Å². The summed E-state index contributed by atoms with van der Waals surface area (Å²) >= 11 is 0. The van der Waals surface area contributed by atoms with Crippen LogP contribution in [0, 0.1) is 0 Å². The molecule has 1 atom stereocenters. The summed E-state index contributed by atoms with van der Waals surface area (Å²) in [5.74, 6) is 0. The Kier molecular flexibility index (Phi) is 4.38. The van der Waals surface area contributed by atoms with Gasteiger partial charge >= 0.3 is 0 Å². The topological polar surface area (TPSA) is 85.1 Å². The van der Waals surface area contributed by atoms with Crippen LogP contribution in [0.4, 0.5) is 0 Å². The maximum atomic E-state index is 12.7. The van der Waals surface area contributed by atoms with Crippen molar-refractivity contribution in [1.29, 1.82) is 0 Å². The van der Waals surface area contributed by atoms with Crippen molar-refractivity contribution in [3.63, 3.8) is 0 Å². The van der Waals surface area contributed by atoms with Gasteiger partial charge in [0, 0.05) is 6.04 Å². The van der Waals surface area contributed by atoms with Crippen molar-refractivity contribution in [3.05, 3.63) is 53.6 Å². The zero-order valence-electron chi connectivity index (χ0n) is 14.6. The Morgan fingerprint density at radius 3 is 2.36 bits per heavy atom. The fourth-order valence-electron chi connectivity index (χ4n) is 2.63. The van der Waals surface area contributed by atoms with Gasteiger partial charge in [0.15, 0.2) is 5.52 Å². The van der Waals surface area contributed by atoms with Crippen LogP contribution in [0.25, 0.3) is 11.0 Å². The second-order valence-corrected chi connectivity index (χ2v) is 8.79. The van der Waals surface area contributed by atoms with E-state index in [0.717, 1.165) is 5.56 Å². The second kappa shape index (κ2) is 6.24. The minimum absolute atomic E-state index is 0.0525. The molecule has 0 aliphatic carbocycles. The molecule has 3 rings (SSSR count). The van der Waals surface area contributed by atoms with Crippen molar-refractivity contribution < 1.29 is 13.0 Å². The first-order valence-corrected chi connectivity index (χ1v) is 9.51. The predicted molar refractivity (Wildman–Crippen MR) is 95.7 cm³/mol. The van der Waals surface area contributed by atoms with E-state index in [9.17, 15) is 8.42 Å². The van der Waals surface area contributed by atoms with Gasteiger partial charge in [-0.25, -0.2) is 17.8 Å². The van der Waals surface area contributed by atoms with E-state index in [1.54, 1.807) is 12.1 Å². The Bertz CT molecular complexity index is 986. The first kappa shape index (κ1) is 17.6. The molecule has 0 unspecified atom stereocenters. The van der Waals surface area contributed by atoms with Gasteiger partial charge in [-0.2, -0.15) is 0 Å². The number of fused-ring (bicyclic) bond motifs is 1. The monoisotopic (exact) mass is 359 g/mol. The van der Waals surface area contributed by atoms with Gasteiger partial charge in [0.05, 0.1) is 0 Å². The van der Waals surface area contributed by atoms with Gasteiger partial charge in [-0.3, -0.25) is 0 Å². The van der Waals surface area contributed by atoms with Crippen LogP contribution >= 0.6 is 0 Å². The number of hydrogen-bond donors (Lipinski definition) is 1. The minimum Gasteiger partial charge on any atom is -0.243 e. The molecule has 0 bridgehead atoms. The molecule has 0 saturated heterocycles. The molecule has 0 radical (unpaired) electrons. The zero-order chi connectivity index (χ0) is 18.2. The molecule has 0 saturated carbocycles. The maximum absolute atomic E-state index is 12.7. The Labute approximate surface area is 147 Å². The molecular formula is C18H21N3O3S. The predicted octanol–water partition coefficient (Wildman–Crippen LogP) is 3.56. The van der Waals surface area contributed by atoms with Crippen LogP contribution < -0.4 is 4.72 Å². The molecule has 1 aromatic heterocycles. The number of hydrogen-bond acceptors (Lipinski definition) is 5. The molecule has 3 aromatic rings. The van der Waals surface area contributed by atoms with E-state index in [2.05, 4.69) is 40.4 Å². The average molecular weight is 359 g/mol. The molecule has 0 spiro atoms. The number of nitrogens with one attached hydrogen (secondary N) is 1. The lowest BCUT2D eigenvalue weighted by Crippen LogP contribution is -2.27. The molecule has 0 aliphatic heterocycles. The van der Waals surface area contributed by atoms with Gasteiger partial charge in [0.1, 0.15) is 10.4 Å². The highest BCUT2D eigenvalue weighted by molar-refractivity contribution is 7.89. The molecule has 7 heteroatoms. The SMILES string of the molecule is C[C@H](NS(=O)(=O)c1cccc2nonc12)c1ccc(C(C)(C)C)cc1. The van der Waals surface area contributed by atoms with Crippen molar-refractivity contribution in [2.24, 2.45) is 0 Å². The molecule has 0 amide bonds. The molecule has 1 N–H and O–H groups in total. The molecule has 132 valence electrons. The summed E-state index contributed by atoms with van der Waals surface area (Å²) in [7, 11) is -3.76. The van der Waals surface area contributed by atoms with Crippen LogP contribution in [0.3, 0.4) is 0 Å². The lowest BCUT2D eigenvalue weighted by Gasteiger charge is -2.20. The van der Waals surface area contributed by atoms with E-state index >= 15 is 0 Å². The van der Waals surface area contributed by atoms with Crippen LogP contribution in [0.15, 0.2) is 52.0 Å². The van der Waals surface area contributed by atoms with Crippen molar-refractivity contribution in [2.75, 3.05) is 0 Å². The third-order valence-electron chi connectivity index (χ3n) is 4.15. The highest BCUT2D eigenvalue weighted by Gasteiger charge is 2.23. The fourth-order valence-corrected chi connectivity index (χ4v) is 4.02. The van der Waals surface area contributed by atoms with Gasteiger partial charge in [-0.15, -0.1) is 0 Å². The van der Waals surface area contributed by atoms with Gasteiger partial charge in [-0.05, 0) is 45.9 Å². The molecule has 1 heterocycles. The number of aromatic nitrogens is 2. The number of nitrogens with zero attached hydrogens (tertiary/aromatic N) is 2. The van der Waals surface area contributed by atoms with Crippen molar-refractivity contribution in [3.8, 4) is 0 Å². The molecule has 25 heavy (non-hydrogen) atoms. The van der Waals surface area contributed by atoms with Crippen LogP contribution in [-0.4, -0.2) is 18.7 Å². The van der Waals surface area contributed by atoms with Crippen LogP contribution in [0.2, 0.25) is 0 Å². The van der Waals surface area contributed by atoms with Gasteiger partial charge in [-0.1, -0.05) is 51.1 Å². The van der Waals surface area contributed by atoms with E-state index in [1.165, 1.54) is 11.6 Å². The van der Waals surface area contributed by atoms with Gasteiger partial charge in [0.25, 0.3) is 0 Å². The second-order valence-electron chi connectivity index (χ2n) is 7.10. The summed E-state index contributed by atoms with van der Waals surface area (Å²) < 4.78 is 32.8. The Morgan fingerprint density at radius 2 is 1.72 bits per heavy atom. The molecule has 0 fully saturated rings. The smallest absolute Gasteiger partial charge is 0.243 e. The fraction of sp³-hybridized carbons (Fsp3) is 0.333. The lowest BCUT2D eigenvalue weighted by atomic mass is 9.86. The van der Waals surface area contributed by atoms with E-state index in [4.69, 9.17) is 0 Å². The van der Waals surface area contributed by atoms with E-state index in [-0.39, 0.29) is 21.9 Å². The molecular weight excluding hydrogens is 338 g/mol. The standard InChI is InChI=1S/C18H21N3O3S/c1-12(13-8-10-14(11-9-13)18(2,3)4)21-25(22,23)16-7-5-6-15-17(16)20-24-19-15/h5-12,21H,1-4H3/t12-/m0/s1. The highest BCUT2D eigenvalue weighted by Crippen LogP contribution is 2.25. The maximum Gasteiger partial charge on any atom is 0.243 e. The quantitative estimate of drug-likeness (QED) is 0.770. The largest absolute Gasteiger partial charge is 0.243 e. The summed E-state index contributed by atoms with van der Waals surface area (Å²) in [5.41, 5.74) is 2.78. The van der Waals surface area contributed by atoms with Crippen molar-refractivity contribution in [2.45, 2.75) is 44.0 Å². The normalized spacial score (nSPS) is 13.9. The number of sulfonamides is 1. The summed E-state index contributed by atoms with van der Waals surface area (Å²) in [4.78, 5) is 0.0596. The molecule has 0 aliphatic rings. The van der Waals surface area contributed by atoms with Crippen LogP contribution in [0.5, 0.6) is 0 Å². The number of benzene rings is 2. The van der Waals surface area contributed by atoms with E-state index < -0.39 is 10.0 Å². The first-order valence-electron chi connectivity index (χ1n) is 8.02. The summed E-state index contributed by atoms with van der Waals surface area (Å²) in [5, 5.41) is 7.38. The Morgan fingerprint density at radius 1 is 1.04 bits per heavy atom. The molecule has 2 aromatic carbocycles. The summed E-state index contributed by atoms with van der Waals surface area (Å²) in [6.07, 6.45) is 0. The average Bonchev–Trinajstić information content (AvgIpc) is 3.02. The Hall–Kier alpha value is -2.25. The zero-order valence-corrected chi connectivity index (χ0v) is 15.5.